The fourth-order valence-electron chi connectivity index (χ4n) is 2.10. The third-order valence-electron chi connectivity index (χ3n) is 3.13. The molecule has 2 unspecified atom stereocenters. The van der Waals surface area contributed by atoms with Crippen molar-refractivity contribution in [3.8, 4) is 0 Å². The number of carbonyl (C=O) groups excluding carboxylic acids is 1. The first-order valence-electron chi connectivity index (χ1n) is 6.22. The van der Waals surface area contributed by atoms with Crippen molar-refractivity contribution in [3.63, 3.8) is 0 Å². The number of piperidine rings is 1. The molecule has 0 bridgehead atoms. The molecule has 1 aliphatic rings. The molecule has 5 heteroatoms. The van der Waals surface area contributed by atoms with Crippen molar-refractivity contribution in [3.05, 3.63) is 0 Å². The highest BCUT2D eigenvalue weighted by Gasteiger charge is 2.30. The van der Waals surface area contributed by atoms with Crippen LogP contribution in [0.1, 0.15) is 26.7 Å². The fraction of sp³-hybridized carbons (Fsp3) is 0.917. The van der Waals surface area contributed by atoms with Gasteiger partial charge in [-0.1, -0.05) is 0 Å². The maximum Gasteiger partial charge on any atom is 0.248 e. The van der Waals surface area contributed by atoms with E-state index >= 15 is 0 Å². The van der Waals surface area contributed by atoms with Gasteiger partial charge in [-0.25, -0.2) is 0 Å². The minimum atomic E-state index is 0.0312. The Morgan fingerprint density at radius 3 is 2.76 bits per heavy atom. The van der Waals surface area contributed by atoms with E-state index in [1.165, 1.54) is 0 Å². The number of amides is 1. The van der Waals surface area contributed by atoms with E-state index in [9.17, 15) is 4.79 Å². The lowest BCUT2D eigenvalue weighted by molar-refractivity contribution is -0.143. The first kappa shape index (κ1) is 14.4. The Morgan fingerprint density at radius 1 is 1.53 bits per heavy atom. The molecule has 1 amide bonds. The van der Waals surface area contributed by atoms with Gasteiger partial charge in [0.15, 0.2) is 0 Å². The highest BCUT2D eigenvalue weighted by Crippen LogP contribution is 2.19. The molecule has 0 aromatic carbocycles. The molecule has 1 aliphatic heterocycles. The summed E-state index contributed by atoms with van der Waals surface area (Å²) < 4.78 is 10.7. The van der Waals surface area contributed by atoms with Crippen molar-refractivity contribution in [2.45, 2.75) is 44.9 Å². The van der Waals surface area contributed by atoms with Gasteiger partial charge >= 0.3 is 0 Å². The van der Waals surface area contributed by atoms with Crippen LogP contribution in [0.2, 0.25) is 0 Å². The van der Waals surface area contributed by atoms with E-state index < -0.39 is 0 Å². The van der Waals surface area contributed by atoms with Gasteiger partial charge in [-0.3, -0.25) is 4.79 Å². The molecule has 2 N–H and O–H groups in total. The Kier molecular flexibility index (Phi) is 5.88. The quantitative estimate of drug-likeness (QED) is 0.759. The van der Waals surface area contributed by atoms with Crippen LogP contribution in [0.3, 0.4) is 0 Å². The van der Waals surface area contributed by atoms with Crippen LogP contribution < -0.4 is 5.73 Å². The number of hydrogen-bond acceptors (Lipinski definition) is 4. The lowest BCUT2D eigenvalue weighted by atomic mass is 9.99. The van der Waals surface area contributed by atoms with Crippen molar-refractivity contribution in [1.29, 1.82) is 0 Å². The van der Waals surface area contributed by atoms with E-state index in [4.69, 9.17) is 15.2 Å². The second-order valence-corrected chi connectivity index (χ2v) is 4.72. The summed E-state index contributed by atoms with van der Waals surface area (Å²) in [5.41, 5.74) is 5.71. The smallest absolute Gasteiger partial charge is 0.248 e. The van der Waals surface area contributed by atoms with E-state index in [0.29, 0.717) is 13.1 Å². The summed E-state index contributed by atoms with van der Waals surface area (Å²) in [4.78, 5) is 13.8. The molecule has 0 saturated carbocycles. The van der Waals surface area contributed by atoms with Gasteiger partial charge in [-0.2, -0.15) is 0 Å². The number of nitrogens with zero attached hydrogens (tertiary/aromatic N) is 1. The number of methoxy groups -OCH3 is 1. The molecule has 1 heterocycles. The lowest BCUT2D eigenvalue weighted by Crippen LogP contribution is -2.52. The van der Waals surface area contributed by atoms with Crippen LogP contribution in [-0.4, -0.2) is 55.9 Å². The normalized spacial score (nSPS) is 25.4. The van der Waals surface area contributed by atoms with Crippen LogP contribution in [0.5, 0.6) is 0 Å². The summed E-state index contributed by atoms with van der Waals surface area (Å²) in [7, 11) is 1.71. The average Bonchev–Trinajstić information content (AvgIpc) is 2.34. The zero-order chi connectivity index (χ0) is 12.8. The second-order valence-electron chi connectivity index (χ2n) is 4.72. The Morgan fingerprint density at radius 2 is 2.24 bits per heavy atom. The highest BCUT2D eigenvalue weighted by atomic mass is 16.5. The fourth-order valence-corrected chi connectivity index (χ4v) is 2.10. The van der Waals surface area contributed by atoms with E-state index in [2.05, 4.69) is 0 Å². The Bertz CT molecular complexity index is 246. The first-order valence-corrected chi connectivity index (χ1v) is 6.22. The molecule has 0 aromatic heterocycles. The Balaban J connectivity index is 2.48. The summed E-state index contributed by atoms with van der Waals surface area (Å²) in [5, 5.41) is 0. The number of ether oxygens (including phenoxy) is 2. The molecule has 1 fully saturated rings. The van der Waals surface area contributed by atoms with Gasteiger partial charge in [0.2, 0.25) is 5.91 Å². The Hall–Kier alpha value is -0.650. The maximum absolute atomic E-state index is 12.0. The predicted molar refractivity (Wildman–Crippen MR) is 65.7 cm³/mol. The number of likely N-dealkylation sites (tertiary alicyclic amines) is 1. The van der Waals surface area contributed by atoms with Gasteiger partial charge in [0.25, 0.3) is 0 Å². The number of hydrogen-bond donors (Lipinski definition) is 1. The van der Waals surface area contributed by atoms with Gasteiger partial charge in [0, 0.05) is 26.2 Å². The topological polar surface area (TPSA) is 64.8 Å². The molecule has 1 saturated heterocycles. The van der Waals surface area contributed by atoms with Crippen LogP contribution in [0, 0.1) is 0 Å². The van der Waals surface area contributed by atoms with Gasteiger partial charge < -0.3 is 20.1 Å². The van der Waals surface area contributed by atoms with E-state index in [1.54, 1.807) is 7.11 Å². The van der Waals surface area contributed by atoms with Crippen LogP contribution in [0.25, 0.3) is 0 Å². The average molecular weight is 244 g/mol. The number of nitrogens with two attached hydrogens (primary N) is 1. The molecule has 0 radical (unpaired) electrons. The zero-order valence-electron chi connectivity index (χ0n) is 11.0. The molecule has 0 spiro atoms. The summed E-state index contributed by atoms with van der Waals surface area (Å²) in [6.45, 7) is 5.18. The van der Waals surface area contributed by atoms with Gasteiger partial charge in [-0.05, 0) is 26.7 Å². The third kappa shape index (κ3) is 4.26. The molecule has 0 aromatic rings. The van der Waals surface area contributed by atoms with Crippen molar-refractivity contribution in [1.82, 2.24) is 4.90 Å². The van der Waals surface area contributed by atoms with Crippen LogP contribution in [0.15, 0.2) is 0 Å². The second kappa shape index (κ2) is 6.93. The molecule has 1 rings (SSSR count). The first-order chi connectivity index (χ1) is 8.08. The standard InChI is InChI=1S/C12H24N2O3/c1-9(2)17-8-12(15)14-5-4-11(16-3)6-10(14)7-13/h9-11H,4-8,13H2,1-3H3. The predicted octanol–water partition coefficient (Wildman–Crippen LogP) is 0.376. The van der Waals surface area contributed by atoms with Gasteiger partial charge in [0.1, 0.15) is 6.61 Å². The lowest BCUT2D eigenvalue weighted by Gasteiger charge is -2.38. The minimum absolute atomic E-state index is 0.0312. The Labute approximate surface area is 103 Å². The van der Waals surface area contributed by atoms with Crippen molar-refractivity contribution >= 4 is 5.91 Å². The minimum Gasteiger partial charge on any atom is -0.381 e. The maximum atomic E-state index is 12.0. The van der Waals surface area contributed by atoms with Crippen LogP contribution >= 0.6 is 0 Å². The molecular weight excluding hydrogens is 220 g/mol. The van der Waals surface area contributed by atoms with Gasteiger partial charge in [0.05, 0.1) is 12.2 Å². The molecule has 100 valence electrons. The molecule has 17 heavy (non-hydrogen) atoms. The van der Waals surface area contributed by atoms with E-state index in [0.717, 1.165) is 12.8 Å². The van der Waals surface area contributed by atoms with Crippen molar-refractivity contribution in [2.75, 3.05) is 26.8 Å². The third-order valence-corrected chi connectivity index (χ3v) is 3.13. The summed E-state index contributed by atoms with van der Waals surface area (Å²) in [6.07, 6.45) is 1.99. The monoisotopic (exact) mass is 244 g/mol. The molecule has 5 nitrogen and oxygen atoms in total. The SMILES string of the molecule is COC1CCN(C(=O)COC(C)C)C(CN)C1. The molecule has 0 aliphatic carbocycles. The molecule has 2 atom stereocenters. The van der Waals surface area contributed by atoms with E-state index in [-0.39, 0.29) is 30.8 Å². The number of rotatable bonds is 5. The summed E-state index contributed by atoms with van der Waals surface area (Å²) >= 11 is 0. The summed E-state index contributed by atoms with van der Waals surface area (Å²) in [6, 6.07) is 0.0805. The van der Waals surface area contributed by atoms with E-state index in [1.807, 2.05) is 18.7 Å². The zero-order valence-corrected chi connectivity index (χ0v) is 11.0. The van der Waals surface area contributed by atoms with Crippen LogP contribution in [0.4, 0.5) is 0 Å². The van der Waals surface area contributed by atoms with Crippen molar-refractivity contribution < 1.29 is 14.3 Å². The largest absolute Gasteiger partial charge is 0.381 e. The van der Waals surface area contributed by atoms with Gasteiger partial charge in [-0.15, -0.1) is 0 Å². The highest BCUT2D eigenvalue weighted by molar-refractivity contribution is 5.78. The van der Waals surface area contributed by atoms with Crippen LogP contribution in [-0.2, 0) is 14.3 Å². The summed E-state index contributed by atoms with van der Waals surface area (Å²) in [5.74, 6) is 0.0312. The molecular formula is C12H24N2O3. The number of carbonyl (C=O) groups is 1. The van der Waals surface area contributed by atoms with Crippen molar-refractivity contribution in [2.24, 2.45) is 5.73 Å².